The second kappa shape index (κ2) is 5.33. The molecule has 0 bridgehead atoms. The second-order valence-electron chi connectivity index (χ2n) is 6.30. The van der Waals surface area contributed by atoms with Crippen LogP contribution in [0.4, 0.5) is 5.69 Å². The van der Waals surface area contributed by atoms with E-state index in [1.165, 1.54) is 12.1 Å². The van der Waals surface area contributed by atoms with Crippen molar-refractivity contribution in [3.63, 3.8) is 0 Å². The van der Waals surface area contributed by atoms with Gasteiger partial charge in [-0.05, 0) is 39.3 Å². The molecule has 22 heavy (non-hydrogen) atoms. The summed E-state index contributed by atoms with van der Waals surface area (Å²) >= 11 is 0. The zero-order chi connectivity index (χ0) is 15.9. The number of nitro benzene ring substituents is 1. The summed E-state index contributed by atoms with van der Waals surface area (Å²) < 4.78 is 5.67. The monoisotopic (exact) mass is 305 g/mol. The number of non-ortho nitro benzene ring substituents is 1. The molecule has 1 atom stereocenters. The maximum absolute atomic E-state index is 10.8. The van der Waals surface area contributed by atoms with Crippen LogP contribution >= 0.6 is 0 Å². The first kappa shape index (κ1) is 14.9. The van der Waals surface area contributed by atoms with Crippen LogP contribution in [-0.4, -0.2) is 38.1 Å². The Morgan fingerprint density at radius 2 is 2.32 bits per heavy atom. The van der Waals surface area contributed by atoms with Gasteiger partial charge in [0.05, 0.1) is 17.1 Å². The van der Waals surface area contributed by atoms with E-state index in [0.717, 1.165) is 19.4 Å². The third-order valence-corrected chi connectivity index (χ3v) is 4.14. The number of likely N-dealkylation sites (tertiary alicyclic amines) is 1. The van der Waals surface area contributed by atoms with Crippen LogP contribution in [0.25, 0.3) is 11.1 Å². The predicted octanol–water partition coefficient (Wildman–Crippen LogP) is 2.47. The molecule has 0 amide bonds. The highest BCUT2D eigenvalue weighted by molar-refractivity contribution is 5.75. The van der Waals surface area contributed by atoms with Gasteiger partial charge in [0.25, 0.3) is 5.69 Å². The van der Waals surface area contributed by atoms with Crippen molar-refractivity contribution in [2.45, 2.75) is 44.9 Å². The van der Waals surface area contributed by atoms with Crippen LogP contribution in [0.3, 0.4) is 0 Å². The first-order valence-corrected chi connectivity index (χ1v) is 7.35. The van der Waals surface area contributed by atoms with Crippen molar-refractivity contribution in [2.24, 2.45) is 0 Å². The average Bonchev–Trinajstić information content (AvgIpc) is 3.03. The lowest BCUT2D eigenvalue weighted by Gasteiger charge is -2.32. The first-order valence-electron chi connectivity index (χ1n) is 7.35. The molecule has 0 radical (unpaired) electrons. The van der Waals surface area contributed by atoms with Gasteiger partial charge in [-0.25, -0.2) is 4.98 Å². The Hall–Kier alpha value is -1.99. The van der Waals surface area contributed by atoms with Crippen molar-refractivity contribution in [1.82, 2.24) is 9.88 Å². The minimum absolute atomic E-state index is 0.00268. The van der Waals surface area contributed by atoms with Crippen molar-refractivity contribution in [3.05, 3.63) is 34.2 Å². The van der Waals surface area contributed by atoms with E-state index in [0.29, 0.717) is 23.5 Å². The van der Waals surface area contributed by atoms with Gasteiger partial charge in [0, 0.05) is 18.2 Å². The molecule has 1 unspecified atom stereocenters. The van der Waals surface area contributed by atoms with E-state index >= 15 is 0 Å². The quantitative estimate of drug-likeness (QED) is 0.689. The van der Waals surface area contributed by atoms with E-state index in [1.54, 1.807) is 6.07 Å². The Balaban J connectivity index is 1.83. The smallest absolute Gasteiger partial charge is 0.271 e. The summed E-state index contributed by atoms with van der Waals surface area (Å²) in [7, 11) is 0. The molecule has 2 heterocycles. The Bertz CT molecular complexity index is 704. The van der Waals surface area contributed by atoms with Gasteiger partial charge in [0.2, 0.25) is 5.89 Å². The van der Waals surface area contributed by atoms with Crippen molar-refractivity contribution < 1.29 is 14.4 Å². The molecule has 7 heteroatoms. The molecule has 7 nitrogen and oxygen atoms in total. The predicted molar refractivity (Wildman–Crippen MR) is 80.4 cm³/mol. The number of aromatic nitrogens is 1. The fourth-order valence-corrected chi connectivity index (χ4v) is 3.13. The zero-order valence-corrected chi connectivity index (χ0v) is 12.7. The Morgan fingerprint density at radius 1 is 1.55 bits per heavy atom. The number of nitrogens with zero attached hydrogens (tertiary/aromatic N) is 3. The van der Waals surface area contributed by atoms with Crippen molar-refractivity contribution in [1.29, 1.82) is 0 Å². The number of rotatable bonds is 4. The SMILES string of the molecule is CC(C)(O)C1CCCN1Cc1nc2cc([N+](=O)[O-])ccc2o1. The van der Waals surface area contributed by atoms with Crippen LogP contribution in [0.2, 0.25) is 0 Å². The summed E-state index contributed by atoms with van der Waals surface area (Å²) in [6.07, 6.45) is 1.97. The third kappa shape index (κ3) is 2.82. The Labute approximate surface area is 127 Å². The topological polar surface area (TPSA) is 92.6 Å². The van der Waals surface area contributed by atoms with Crippen LogP contribution in [-0.2, 0) is 6.54 Å². The van der Waals surface area contributed by atoms with Crippen LogP contribution in [0.1, 0.15) is 32.6 Å². The summed E-state index contributed by atoms with van der Waals surface area (Å²) in [5.41, 5.74) is 0.257. The van der Waals surface area contributed by atoms with E-state index in [9.17, 15) is 15.2 Å². The maximum Gasteiger partial charge on any atom is 0.271 e. The number of hydrogen-bond acceptors (Lipinski definition) is 6. The van der Waals surface area contributed by atoms with Gasteiger partial charge in [-0.15, -0.1) is 0 Å². The zero-order valence-electron chi connectivity index (χ0n) is 12.7. The van der Waals surface area contributed by atoms with Gasteiger partial charge in [-0.3, -0.25) is 15.0 Å². The number of nitro groups is 1. The fourth-order valence-electron chi connectivity index (χ4n) is 3.13. The van der Waals surface area contributed by atoms with Crippen molar-refractivity contribution in [3.8, 4) is 0 Å². The van der Waals surface area contributed by atoms with E-state index in [2.05, 4.69) is 9.88 Å². The van der Waals surface area contributed by atoms with Gasteiger partial charge < -0.3 is 9.52 Å². The lowest BCUT2D eigenvalue weighted by molar-refractivity contribution is -0.384. The molecule has 0 spiro atoms. The summed E-state index contributed by atoms with van der Waals surface area (Å²) in [6.45, 7) is 5.00. The van der Waals surface area contributed by atoms with Gasteiger partial charge >= 0.3 is 0 Å². The molecule has 0 saturated carbocycles. The first-order chi connectivity index (χ1) is 10.3. The molecule has 118 valence electrons. The van der Waals surface area contributed by atoms with Gasteiger partial charge in [0.15, 0.2) is 5.58 Å². The van der Waals surface area contributed by atoms with E-state index < -0.39 is 10.5 Å². The molecule has 1 N–H and O–H groups in total. The van der Waals surface area contributed by atoms with Crippen LogP contribution in [0.15, 0.2) is 22.6 Å². The summed E-state index contributed by atoms with van der Waals surface area (Å²) in [5, 5.41) is 21.0. The largest absolute Gasteiger partial charge is 0.439 e. The molecule has 3 rings (SSSR count). The lowest BCUT2D eigenvalue weighted by atomic mass is 9.97. The van der Waals surface area contributed by atoms with E-state index in [1.807, 2.05) is 13.8 Å². The van der Waals surface area contributed by atoms with E-state index in [4.69, 9.17) is 4.42 Å². The molecule has 1 aliphatic rings. The molecular weight excluding hydrogens is 286 g/mol. The molecule has 0 aliphatic carbocycles. The fraction of sp³-hybridized carbons (Fsp3) is 0.533. The minimum atomic E-state index is -0.776. The Morgan fingerprint density at radius 3 is 3.00 bits per heavy atom. The van der Waals surface area contributed by atoms with Gasteiger partial charge in [0.1, 0.15) is 5.52 Å². The molecule has 2 aromatic rings. The molecule has 1 fully saturated rings. The molecule has 1 saturated heterocycles. The van der Waals surface area contributed by atoms with Crippen molar-refractivity contribution >= 4 is 16.8 Å². The standard InChI is InChI=1S/C15H19N3O4/c1-15(2,19)13-4-3-7-17(13)9-14-16-11-8-10(18(20)21)5-6-12(11)22-14/h5-6,8,13,19H,3-4,7,9H2,1-2H3. The van der Waals surface area contributed by atoms with Crippen molar-refractivity contribution in [2.75, 3.05) is 6.54 Å². The summed E-state index contributed by atoms with van der Waals surface area (Å²) in [5.74, 6) is 0.520. The average molecular weight is 305 g/mol. The normalized spacial score (nSPS) is 19.9. The Kier molecular flexibility index (Phi) is 3.62. The maximum atomic E-state index is 10.8. The molecule has 1 aromatic heterocycles. The van der Waals surface area contributed by atoms with Crippen LogP contribution in [0.5, 0.6) is 0 Å². The van der Waals surface area contributed by atoms with Crippen LogP contribution < -0.4 is 0 Å². The number of oxazole rings is 1. The molecule has 1 aliphatic heterocycles. The number of fused-ring (bicyclic) bond motifs is 1. The highest BCUT2D eigenvalue weighted by Crippen LogP contribution is 2.29. The molecule has 1 aromatic carbocycles. The summed E-state index contributed by atoms with van der Waals surface area (Å²) in [4.78, 5) is 16.8. The number of aliphatic hydroxyl groups is 1. The number of hydrogen-bond donors (Lipinski definition) is 1. The number of benzene rings is 1. The van der Waals surface area contributed by atoms with Gasteiger partial charge in [-0.2, -0.15) is 0 Å². The second-order valence-corrected chi connectivity index (χ2v) is 6.30. The highest BCUT2D eigenvalue weighted by Gasteiger charge is 2.36. The summed E-state index contributed by atoms with van der Waals surface area (Å²) in [6, 6.07) is 4.46. The lowest BCUT2D eigenvalue weighted by Crippen LogP contribution is -2.45. The van der Waals surface area contributed by atoms with Crippen LogP contribution in [0, 0.1) is 10.1 Å². The van der Waals surface area contributed by atoms with E-state index in [-0.39, 0.29) is 11.7 Å². The highest BCUT2D eigenvalue weighted by atomic mass is 16.6. The van der Waals surface area contributed by atoms with Gasteiger partial charge in [-0.1, -0.05) is 0 Å². The minimum Gasteiger partial charge on any atom is -0.439 e. The molecular formula is C15H19N3O4. The third-order valence-electron chi connectivity index (χ3n) is 4.14.